The van der Waals surface area contributed by atoms with Gasteiger partial charge < -0.3 is 9.84 Å². The molecule has 0 radical (unpaired) electrons. The minimum Gasteiger partial charge on any atom is -0.384 e. The molecule has 1 aromatic carbocycles. The molecule has 1 aliphatic heterocycles. The molecule has 5 nitrogen and oxygen atoms in total. The summed E-state index contributed by atoms with van der Waals surface area (Å²) in [5, 5.41) is 8.67. The van der Waals surface area contributed by atoms with Gasteiger partial charge in [-0.15, -0.1) is 0 Å². The maximum atomic E-state index is 12.5. The van der Waals surface area contributed by atoms with E-state index in [4.69, 9.17) is 9.84 Å². The number of hydrogen-bond acceptors (Lipinski definition) is 4. The van der Waals surface area contributed by atoms with Gasteiger partial charge in [0.25, 0.3) is 0 Å². The first-order chi connectivity index (χ1) is 9.57. The molecule has 1 heterocycles. The maximum absolute atomic E-state index is 12.5. The van der Waals surface area contributed by atoms with Gasteiger partial charge in [-0.2, -0.15) is 4.31 Å². The maximum Gasteiger partial charge on any atom is 0.243 e. The molecule has 0 bridgehead atoms. The van der Waals surface area contributed by atoms with E-state index < -0.39 is 10.0 Å². The molecule has 1 saturated heterocycles. The van der Waals surface area contributed by atoms with Crippen molar-refractivity contribution in [3.63, 3.8) is 0 Å². The predicted molar refractivity (Wildman–Crippen MR) is 74.6 cm³/mol. The van der Waals surface area contributed by atoms with E-state index in [1.54, 1.807) is 25.3 Å². The Morgan fingerprint density at radius 1 is 1.50 bits per heavy atom. The van der Waals surface area contributed by atoms with Crippen molar-refractivity contribution in [2.75, 3.05) is 26.8 Å². The normalized spacial score (nSPS) is 19.6. The first-order valence-corrected chi connectivity index (χ1v) is 7.74. The van der Waals surface area contributed by atoms with Crippen LogP contribution in [0, 0.1) is 11.8 Å². The van der Waals surface area contributed by atoms with Crippen molar-refractivity contribution in [1.82, 2.24) is 4.31 Å². The van der Waals surface area contributed by atoms with E-state index in [-0.39, 0.29) is 17.6 Å². The lowest BCUT2D eigenvalue weighted by Gasteiger charge is -2.16. The van der Waals surface area contributed by atoms with Crippen LogP contribution in [0.5, 0.6) is 0 Å². The summed E-state index contributed by atoms with van der Waals surface area (Å²) in [6.45, 7) is 0.595. The molecule has 0 aliphatic carbocycles. The molecule has 1 unspecified atom stereocenters. The molecule has 1 atom stereocenters. The molecule has 20 heavy (non-hydrogen) atoms. The number of aliphatic hydroxyl groups is 1. The molecule has 1 N–H and O–H groups in total. The lowest BCUT2D eigenvalue weighted by molar-refractivity contribution is 0.115. The van der Waals surface area contributed by atoms with Crippen LogP contribution in [0.3, 0.4) is 0 Å². The number of nitrogens with zero attached hydrogens (tertiary/aromatic N) is 1. The highest BCUT2D eigenvalue weighted by Gasteiger charge is 2.32. The Balaban J connectivity index is 2.26. The molecule has 0 spiro atoms. The molecule has 0 amide bonds. The molecule has 1 fully saturated rings. The summed E-state index contributed by atoms with van der Waals surface area (Å²) in [4.78, 5) is 0.221. The SMILES string of the molecule is COC1CCN(S(=O)(=O)c2cccc(C#CCO)c2)C1. The molecule has 1 aliphatic rings. The highest BCUT2D eigenvalue weighted by molar-refractivity contribution is 7.89. The second kappa shape index (κ2) is 6.37. The Hall–Kier alpha value is -1.39. The summed E-state index contributed by atoms with van der Waals surface area (Å²) < 4.78 is 31.6. The van der Waals surface area contributed by atoms with Gasteiger partial charge in [0, 0.05) is 25.8 Å². The Labute approximate surface area is 119 Å². The van der Waals surface area contributed by atoms with Gasteiger partial charge in [-0.25, -0.2) is 8.42 Å². The fraction of sp³-hybridized carbons (Fsp3) is 0.429. The first kappa shape index (κ1) is 15.0. The number of hydrogen-bond donors (Lipinski definition) is 1. The number of aliphatic hydroxyl groups excluding tert-OH is 1. The summed E-state index contributed by atoms with van der Waals surface area (Å²) in [6.07, 6.45) is 0.668. The van der Waals surface area contributed by atoms with Crippen LogP contribution in [-0.2, 0) is 14.8 Å². The van der Waals surface area contributed by atoms with Gasteiger partial charge in [0.2, 0.25) is 10.0 Å². The predicted octanol–water partition coefficient (Wildman–Crippen LogP) is 0.440. The molecule has 6 heteroatoms. The van der Waals surface area contributed by atoms with Crippen LogP contribution in [-0.4, -0.2) is 50.7 Å². The van der Waals surface area contributed by atoms with Crippen LogP contribution in [0.1, 0.15) is 12.0 Å². The van der Waals surface area contributed by atoms with Gasteiger partial charge in [-0.05, 0) is 24.6 Å². The minimum absolute atomic E-state index is 0.0397. The third-order valence-corrected chi connectivity index (χ3v) is 5.09. The van der Waals surface area contributed by atoms with Crippen LogP contribution in [0.15, 0.2) is 29.2 Å². The van der Waals surface area contributed by atoms with Gasteiger partial charge in [-0.1, -0.05) is 17.9 Å². The van der Waals surface area contributed by atoms with Crippen molar-refractivity contribution in [3.8, 4) is 11.8 Å². The minimum atomic E-state index is -3.51. The summed E-state index contributed by atoms with van der Waals surface area (Å²) in [5.74, 6) is 5.22. The van der Waals surface area contributed by atoms with Crippen LogP contribution in [0.4, 0.5) is 0 Å². The second-order valence-corrected chi connectivity index (χ2v) is 6.44. The average Bonchev–Trinajstić information content (AvgIpc) is 2.95. The van der Waals surface area contributed by atoms with Crippen molar-refractivity contribution in [2.45, 2.75) is 17.4 Å². The van der Waals surface area contributed by atoms with Gasteiger partial charge in [0.1, 0.15) is 6.61 Å². The van der Waals surface area contributed by atoms with Crippen molar-refractivity contribution in [1.29, 1.82) is 0 Å². The fourth-order valence-corrected chi connectivity index (χ4v) is 3.67. The monoisotopic (exact) mass is 295 g/mol. The largest absolute Gasteiger partial charge is 0.384 e. The molecule has 0 aromatic heterocycles. The summed E-state index contributed by atoms with van der Waals surface area (Å²) in [7, 11) is -1.92. The van der Waals surface area contributed by atoms with E-state index in [0.717, 1.165) is 0 Å². The van der Waals surface area contributed by atoms with Gasteiger partial charge in [0.05, 0.1) is 11.0 Å². The highest BCUT2D eigenvalue weighted by Crippen LogP contribution is 2.22. The van der Waals surface area contributed by atoms with E-state index in [0.29, 0.717) is 25.1 Å². The fourth-order valence-electron chi connectivity index (χ4n) is 2.13. The smallest absolute Gasteiger partial charge is 0.243 e. The summed E-state index contributed by atoms with van der Waals surface area (Å²) in [6, 6.07) is 6.44. The van der Waals surface area contributed by atoms with E-state index in [2.05, 4.69) is 11.8 Å². The standard InChI is InChI=1S/C14H17NO4S/c1-19-13-7-8-15(11-13)20(17,18)14-6-2-4-12(10-14)5-3-9-16/h2,4,6,10,13,16H,7-9,11H2,1H3. The van der Waals surface area contributed by atoms with E-state index in [1.165, 1.54) is 10.4 Å². The first-order valence-electron chi connectivity index (χ1n) is 6.30. The van der Waals surface area contributed by atoms with Crippen LogP contribution >= 0.6 is 0 Å². The van der Waals surface area contributed by atoms with E-state index >= 15 is 0 Å². The molecule has 1 aromatic rings. The van der Waals surface area contributed by atoms with Crippen molar-refractivity contribution >= 4 is 10.0 Å². The molecular weight excluding hydrogens is 278 g/mol. The third-order valence-electron chi connectivity index (χ3n) is 3.22. The lowest BCUT2D eigenvalue weighted by Crippen LogP contribution is -2.30. The zero-order valence-electron chi connectivity index (χ0n) is 11.2. The topological polar surface area (TPSA) is 66.8 Å². The number of benzene rings is 1. The van der Waals surface area contributed by atoms with Gasteiger partial charge in [-0.3, -0.25) is 0 Å². The van der Waals surface area contributed by atoms with Crippen LogP contribution in [0.25, 0.3) is 0 Å². The number of ether oxygens (including phenoxy) is 1. The zero-order chi connectivity index (χ0) is 14.6. The third kappa shape index (κ3) is 3.19. The van der Waals surface area contributed by atoms with Crippen molar-refractivity contribution < 1.29 is 18.3 Å². The van der Waals surface area contributed by atoms with Gasteiger partial charge >= 0.3 is 0 Å². The van der Waals surface area contributed by atoms with E-state index in [9.17, 15) is 8.42 Å². The quantitative estimate of drug-likeness (QED) is 0.822. The molecule has 108 valence electrons. The van der Waals surface area contributed by atoms with Crippen molar-refractivity contribution in [2.24, 2.45) is 0 Å². The second-order valence-electron chi connectivity index (χ2n) is 4.50. The number of methoxy groups -OCH3 is 1. The average molecular weight is 295 g/mol. The number of rotatable bonds is 3. The Morgan fingerprint density at radius 3 is 2.95 bits per heavy atom. The molecular formula is C14H17NO4S. The summed E-state index contributed by atoms with van der Waals surface area (Å²) >= 11 is 0. The summed E-state index contributed by atoms with van der Waals surface area (Å²) in [5.41, 5.74) is 0.572. The van der Waals surface area contributed by atoms with Crippen molar-refractivity contribution in [3.05, 3.63) is 29.8 Å². The number of sulfonamides is 1. The van der Waals surface area contributed by atoms with E-state index in [1.807, 2.05) is 0 Å². The highest BCUT2D eigenvalue weighted by atomic mass is 32.2. The zero-order valence-corrected chi connectivity index (χ0v) is 12.1. The lowest BCUT2D eigenvalue weighted by atomic mass is 10.2. The molecule has 0 saturated carbocycles. The Bertz CT molecular complexity index is 630. The molecule has 2 rings (SSSR count). The van der Waals surface area contributed by atoms with Crippen LogP contribution in [0.2, 0.25) is 0 Å². The van der Waals surface area contributed by atoms with Crippen LogP contribution < -0.4 is 0 Å². The Kier molecular flexibility index (Phi) is 4.78. The Morgan fingerprint density at radius 2 is 2.30 bits per heavy atom. The van der Waals surface area contributed by atoms with Gasteiger partial charge in [0.15, 0.2) is 0 Å².